The van der Waals surface area contributed by atoms with Gasteiger partial charge in [0.15, 0.2) is 0 Å². The molecule has 8 nitrogen and oxygen atoms in total. The molecule has 0 radical (unpaired) electrons. The Morgan fingerprint density at radius 2 is 1.79 bits per heavy atom. The van der Waals surface area contributed by atoms with Crippen LogP contribution in [-0.2, 0) is 4.79 Å². The van der Waals surface area contributed by atoms with Crippen molar-refractivity contribution in [3.63, 3.8) is 0 Å². The van der Waals surface area contributed by atoms with E-state index >= 15 is 0 Å². The number of nitro groups is 1. The van der Waals surface area contributed by atoms with Crippen LogP contribution in [0.3, 0.4) is 0 Å². The summed E-state index contributed by atoms with van der Waals surface area (Å²) in [5.74, 6) is -0.361. The maximum Gasteiger partial charge on any atom is 0.319 e. The lowest BCUT2D eigenvalue weighted by molar-refractivity contribution is -0.384. The van der Waals surface area contributed by atoms with Crippen molar-refractivity contribution in [2.45, 2.75) is 26.8 Å². The van der Waals surface area contributed by atoms with E-state index in [1.165, 1.54) is 24.3 Å². The van der Waals surface area contributed by atoms with Crippen molar-refractivity contribution in [2.75, 3.05) is 5.32 Å². The molecule has 3 rings (SSSR count). The summed E-state index contributed by atoms with van der Waals surface area (Å²) in [4.78, 5) is 35.3. The minimum Gasteiger partial charge on any atom is -0.327 e. The van der Waals surface area contributed by atoms with Crippen LogP contribution >= 0.6 is 0 Å². The number of nitrogens with one attached hydrogen (secondary N) is 3. The van der Waals surface area contributed by atoms with Crippen LogP contribution in [0.5, 0.6) is 0 Å². The van der Waals surface area contributed by atoms with Gasteiger partial charge >= 0.3 is 6.03 Å². The molecule has 28 heavy (non-hydrogen) atoms. The van der Waals surface area contributed by atoms with Gasteiger partial charge in [-0.15, -0.1) is 0 Å². The number of nitrogens with zero attached hydrogens (tertiary/aromatic N) is 1. The second-order valence-corrected chi connectivity index (χ2v) is 6.69. The van der Waals surface area contributed by atoms with Crippen molar-refractivity contribution in [2.24, 2.45) is 0 Å². The van der Waals surface area contributed by atoms with E-state index in [1.807, 2.05) is 32.0 Å². The van der Waals surface area contributed by atoms with Gasteiger partial charge in [-0.25, -0.2) is 4.79 Å². The van der Waals surface area contributed by atoms with Gasteiger partial charge in [-0.3, -0.25) is 14.9 Å². The lowest BCUT2D eigenvalue weighted by Gasteiger charge is -2.28. The Kier molecular flexibility index (Phi) is 5.12. The molecule has 1 aliphatic rings. The highest BCUT2D eigenvalue weighted by Crippen LogP contribution is 2.29. The molecule has 3 amide bonds. The summed E-state index contributed by atoms with van der Waals surface area (Å²) in [6.45, 7) is 5.52. The standard InChI is InChI=1S/C20H20N4O4/c1-11-4-9-16(12(2)10-11)22-19(25)17-13(3)21-20(26)23-18(17)14-5-7-15(8-6-14)24(27)28/h4-10,18H,1-3H3,(H,22,25)(H2,21,23,26). The van der Waals surface area contributed by atoms with Crippen molar-refractivity contribution < 1.29 is 14.5 Å². The van der Waals surface area contributed by atoms with Crippen LogP contribution in [-0.4, -0.2) is 16.9 Å². The molecule has 2 aromatic carbocycles. The number of hydrogen-bond donors (Lipinski definition) is 3. The number of rotatable bonds is 4. The molecule has 0 fully saturated rings. The fourth-order valence-corrected chi connectivity index (χ4v) is 3.18. The summed E-state index contributed by atoms with van der Waals surface area (Å²) >= 11 is 0. The molecule has 0 saturated heterocycles. The summed E-state index contributed by atoms with van der Waals surface area (Å²) in [5, 5.41) is 19.1. The fraction of sp³-hybridized carbons (Fsp3) is 0.200. The van der Waals surface area contributed by atoms with Gasteiger partial charge in [0, 0.05) is 23.5 Å². The smallest absolute Gasteiger partial charge is 0.319 e. The first-order valence-corrected chi connectivity index (χ1v) is 8.67. The van der Waals surface area contributed by atoms with E-state index in [1.54, 1.807) is 6.92 Å². The molecule has 0 aromatic heterocycles. The molecule has 0 saturated carbocycles. The Morgan fingerprint density at radius 3 is 2.39 bits per heavy atom. The van der Waals surface area contributed by atoms with E-state index in [0.717, 1.165) is 11.1 Å². The Balaban J connectivity index is 1.94. The van der Waals surface area contributed by atoms with Gasteiger partial charge in [0.2, 0.25) is 0 Å². The van der Waals surface area contributed by atoms with Gasteiger partial charge in [0.1, 0.15) is 0 Å². The Bertz CT molecular complexity index is 996. The minimum absolute atomic E-state index is 0.0639. The van der Waals surface area contributed by atoms with Gasteiger partial charge in [-0.2, -0.15) is 0 Å². The van der Waals surface area contributed by atoms with Crippen molar-refractivity contribution in [1.29, 1.82) is 0 Å². The summed E-state index contributed by atoms with van der Waals surface area (Å²) in [6, 6.07) is 10.3. The molecular weight excluding hydrogens is 360 g/mol. The number of benzene rings is 2. The van der Waals surface area contributed by atoms with E-state index in [2.05, 4.69) is 16.0 Å². The second-order valence-electron chi connectivity index (χ2n) is 6.69. The number of carbonyl (C=O) groups excluding carboxylic acids is 2. The SMILES string of the molecule is CC1=C(C(=O)Nc2ccc(C)cc2C)C(c2ccc([N+](=O)[O-])cc2)NC(=O)N1. The predicted molar refractivity (Wildman–Crippen MR) is 105 cm³/mol. The number of amides is 3. The Morgan fingerprint density at radius 1 is 1.11 bits per heavy atom. The number of anilines is 1. The lowest BCUT2D eigenvalue weighted by Crippen LogP contribution is -2.46. The van der Waals surface area contributed by atoms with Crippen molar-refractivity contribution in [3.8, 4) is 0 Å². The zero-order valence-electron chi connectivity index (χ0n) is 15.7. The zero-order chi connectivity index (χ0) is 20.4. The topological polar surface area (TPSA) is 113 Å². The highest BCUT2D eigenvalue weighted by atomic mass is 16.6. The third-order valence-corrected chi connectivity index (χ3v) is 4.58. The van der Waals surface area contributed by atoms with Gasteiger partial charge in [-0.05, 0) is 50.1 Å². The highest BCUT2D eigenvalue weighted by molar-refractivity contribution is 6.07. The molecule has 144 valence electrons. The summed E-state index contributed by atoms with van der Waals surface area (Å²) < 4.78 is 0. The number of urea groups is 1. The van der Waals surface area contributed by atoms with Crippen LogP contribution in [0.25, 0.3) is 0 Å². The maximum atomic E-state index is 13.0. The van der Waals surface area contributed by atoms with Gasteiger partial charge in [0.05, 0.1) is 16.5 Å². The largest absolute Gasteiger partial charge is 0.327 e. The van der Waals surface area contributed by atoms with Crippen molar-refractivity contribution in [1.82, 2.24) is 10.6 Å². The van der Waals surface area contributed by atoms with E-state index < -0.39 is 17.0 Å². The van der Waals surface area contributed by atoms with Crippen LogP contribution in [0, 0.1) is 24.0 Å². The number of hydrogen-bond acceptors (Lipinski definition) is 4. The Labute approximate surface area is 161 Å². The number of aryl methyl sites for hydroxylation is 2. The van der Waals surface area contributed by atoms with Crippen LogP contribution in [0.15, 0.2) is 53.7 Å². The summed E-state index contributed by atoms with van der Waals surface area (Å²) in [7, 11) is 0. The molecule has 0 spiro atoms. The van der Waals surface area contributed by atoms with Crippen LogP contribution < -0.4 is 16.0 Å². The summed E-state index contributed by atoms with van der Waals surface area (Å²) in [6.07, 6.45) is 0. The lowest BCUT2D eigenvalue weighted by atomic mass is 9.94. The normalized spacial score (nSPS) is 16.2. The van der Waals surface area contributed by atoms with Crippen LogP contribution in [0.1, 0.15) is 29.7 Å². The third kappa shape index (κ3) is 3.85. The van der Waals surface area contributed by atoms with Crippen molar-refractivity contribution in [3.05, 3.63) is 80.5 Å². The summed E-state index contributed by atoms with van der Waals surface area (Å²) in [5.41, 5.74) is 3.96. The fourth-order valence-electron chi connectivity index (χ4n) is 3.18. The van der Waals surface area contributed by atoms with Crippen molar-refractivity contribution >= 4 is 23.3 Å². The first-order chi connectivity index (χ1) is 13.3. The molecule has 1 aliphatic heterocycles. The molecule has 1 heterocycles. The highest BCUT2D eigenvalue weighted by Gasteiger charge is 2.31. The molecule has 3 N–H and O–H groups in total. The third-order valence-electron chi connectivity index (χ3n) is 4.58. The van der Waals surface area contributed by atoms with E-state index in [9.17, 15) is 19.7 Å². The van der Waals surface area contributed by atoms with E-state index in [4.69, 9.17) is 0 Å². The van der Waals surface area contributed by atoms with Crippen LogP contribution in [0.4, 0.5) is 16.2 Å². The monoisotopic (exact) mass is 380 g/mol. The quantitative estimate of drug-likeness (QED) is 0.556. The predicted octanol–water partition coefficient (Wildman–Crippen LogP) is 3.48. The average Bonchev–Trinajstić information content (AvgIpc) is 2.63. The van der Waals surface area contributed by atoms with Gasteiger partial charge in [-0.1, -0.05) is 17.7 Å². The number of allylic oxidation sites excluding steroid dienone is 1. The first kappa shape index (κ1) is 19.1. The first-order valence-electron chi connectivity index (χ1n) is 8.67. The van der Waals surface area contributed by atoms with Crippen LogP contribution in [0.2, 0.25) is 0 Å². The van der Waals surface area contributed by atoms with E-state index in [-0.39, 0.29) is 11.6 Å². The molecule has 0 aliphatic carbocycles. The molecule has 1 atom stereocenters. The Hall–Kier alpha value is -3.68. The molecule has 1 unspecified atom stereocenters. The van der Waals surface area contributed by atoms with Gasteiger partial charge in [0.25, 0.3) is 11.6 Å². The minimum atomic E-state index is -0.722. The number of non-ortho nitro benzene ring substituents is 1. The van der Waals surface area contributed by atoms with Gasteiger partial charge < -0.3 is 16.0 Å². The molecular formula is C20H20N4O4. The maximum absolute atomic E-state index is 13.0. The molecule has 0 bridgehead atoms. The second kappa shape index (κ2) is 7.51. The number of nitro benzene ring substituents is 1. The molecule has 2 aromatic rings. The average molecular weight is 380 g/mol. The zero-order valence-corrected chi connectivity index (χ0v) is 15.7. The number of carbonyl (C=O) groups is 2. The van der Waals surface area contributed by atoms with E-state index in [0.29, 0.717) is 22.5 Å². The molecule has 8 heteroatoms.